The normalized spacial score (nSPS) is 10.6. The van der Waals surface area contributed by atoms with Crippen LogP contribution in [0.1, 0.15) is 16.2 Å². The van der Waals surface area contributed by atoms with E-state index in [1.807, 2.05) is 29.6 Å². The summed E-state index contributed by atoms with van der Waals surface area (Å²) in [4.78, 5) is 27.7. The van der Waals surface area contributed by atoms with Gasteiger partial charge in [0.25, 0.3) is 11.6 Å². The Kier molecular flexibility index (Phi) is 5.41. The summed E-state index contributed by atoms with van der Waals surface area (Å²) < 4.78 is 6.74. The van der Waals surface area contributed by atoms with Crippen LogP contribution in [-0.2, 0) is 0 Å². The molecule has 0 aliphatic rings. The van der Waals surface area contributed by atoms with Crippen molar-refractivity contribution in [2.75, 3.05) is 12.4 Å². The number of non-ortho nitro benzene ring substituents is 1. The number of carbonyl (C=O) groups excluding carboxylic acids is 1. The third-order valence-electron chi connectivity index (χ3n) is 4.50. The molecule has 2 heterocycles. The molecule has 0 radical (unpaired) electrons. The Labute approximate surface area is 180 Å². The maximum absolute atomic E-state index is 12.7. The van der Waals surface area contributed by atoms with Gasteiger partial charge >= 0.3 is 0 Å². The number of hydrogen-bond acceptors (Lipinski definition) is 8. The van der Waals surface area contributed by atoms with Crippen LogP contribution in [-0.4, -0.2) is 37.9 Å². The summed E-state index contributed by atoms with van der Waals surface area (Å²) in [5, 5.41) is 23.9. The van der Waals surface area contributed by atoms with Crippen LogP contribution in [0.2, 0.25) is 0 Å². The van der Waals surface area contributed by atoms with Crippen molar-refractivity contribution < 1.29 is 14.5 Å². The molecule has 2 aromatic heterocycles. The van der Waals surface area contributed by atoms with Gasteiger partial charge in [0, 0.05) is 23.1 Å². The van der Waals surface area contributed by atoms with Gasteiger partial charge in [0.2, 0.25) is 0 Å². The number of benzene rings is 2. The Morgan fingerprint density at radius 2 is 2.03 bits per heavy atom. The van der Waals surface area contributed by atoms with E-state index in [0.29, 0.717) is 28.0 Å². The average Bonchev–Trinajstić information content (AvgIpc) is 3.40. The summed E-state index contributed by atoms with van der Waals surface area (Å²) in [6.45, 7) is 1.66. The van der Waals surface area contributed by atoms with Crippen LogP contribution in [0.5, 0.6) is 5.75 Å². The second kappa shape index (κ2) is 8.32. The van der Waals surface area contributed by atoms with Crippen LogP contribution in [0.4, 0.5) is 10.8 Å². The number of nitrogens with zero attached hydrogens (tertiary/aromatic N) is 5. The molecule has 0 bridgehead atoms. The van der Waals surface area contributed by atoms with Gasteiger partial charge in [-0.2, -0.15) is 0 Å². The molecule has 0 unspecified atom stereocenters. The van der Waals surface area contributed by atoms with Crippen molar-refractivity contribution in [2.45, 2.75) is 6.92 Å². The highest BCUT2D eigenvalue weighted by atomic mass is 32.1. The van der Waals surface area contributed by atoms with E-state index in [1.165, 1.54) is 28.2 Å². The number of rotatable bonds is 6. The van der Waals surface area contributed by atoms with Crippen LogP contribution in [0.25, 0.3) is 16.9 Å². The molecule has 2 aromatic carbocycles. The number of anilines is 1. The van der Waals surface area contributed by atoms with Crippen LogP contribution < -0.4 is 10.1 Å². The van der Waals surface area contributed by atoms with Gasteiger partial charge in [0.1, 0.15) is 5.75 Å². The Morgan fingerprint density at radius 3 is 2.81 bits per heavy atom. The lowest BCUT2D eigenvalue weighted by Gasteiger charge is -2.05. The van der Waals surface area contributed by atoms with Crippen molar-refractivity contribution in [3.63, 3.8) is 0 Å². The molecule has 156 valence electrons. The van der Waals surface area contributed by atoms with Crippen molar-refractivity contribution in [1.29, 1.82) is 0 Å². The molecule has 0 aliphatic carbocycles. The number of amides is 1. The zero-order valence-electron chi connectivity index (χ0n) is 16.5. The first-order valence-corrected chi connectivity index (χ1v) is 9.93. The van der Waals surface area contributed by atoms with Crippen molar-refractivity contribution in [3.8, 4) is 22.7 Å². The number of nitro benzene ring substituents is 1. The molecule has 1 N–H and O–H groups in total. The van der Waals surface area contributed by atoms with Crippen LogP contribution in [0.3, 0.4) is 0 Å². The van der Waals surface area contributed by atoms with Crippen molar-refractivity contribution in [2.24, 2.45) is 0 Å². The molecule has 31 heavy (non-hydrogen) atoms. The minimum atomic E-state index is -0.495. The number of para-hydroxylation sites is 1. The predicted molar refractivity (Wildman–Crippen MR) is 115 cm³/mol. The van der Waals surface area contributed by atoms with Gasteiger partial charge in [-0.05, 0) is 25.1 Å². The summed E-state index contributed by atoms with van der Waals surface area (Å²) in [5.41, 5.74) is 2.39. The average molecular weight is 436 g/mol. The molecule has 4 rings (SSSR count). The summed E-state index contributed by atoms with van der Waals surface area (Å²) >= 11 is 1.27. The number of methoxy groups -OCH3 is 1. The number of ether oxygens (including phenoxy) is 1. The third-order valence-corrected chi connectivity index (χ3v) is 5.26. The van der Waals surface area contributed by atoms with E-state index in [4.69, 9.17) is 4.74 Å². The Morgan fingerprint density at radius 1 is 1.23 bits per heavy atom. The number of nitrogens with one attached hydrogen (secondary N) is 1. The van der Waals surface area contributed by atoms with Crippen molar-refractivity contribution in [1.82, 2.24) is 20.0 Å². The van der Waals surface area contributed by atoms with Crippen molar-refractivity contribution >= 4 is 28.1 Å². The SMILES string of the molecule is COc1ccccc1-c1csc(NC(=O)c2nnn(-c3cccc([N+](=O)[O-])c3)c2C)n1. The first kappa shape index (κ1) is 20.2. The van der Waals surface area contributed by atoms with Crippen LogP contribution in [0, 0.1) is 17.0 Å². The minimum absolute atomic E-state index is 0.0787. The second-order valence-corrected chi connectivity index (χ2v) is 7.26. The van der Waals surface area contributed by atoms with E-state index in [2.05, 4.69) is 20.6 Å². The molecular weight excluding hydrogens is 420 g/mol. The molecule has 0 aliphatic heterocycles. The smallest absolute Gasteiger partial charge is 0.279 e. The maximum Gasteiger partial charge on any atom is 0.279 e. The largest absolute Gasteiger partial charge is 0.496 e. The molecule has 10 nitrogen and oxygen atoms in total. The van der Waals surface area contributed by atoms with Crippen LogP contribution >= 0.6 is 11.3 Å². The highest BCUT2D eigenvalue weighted by Crippen LogP contribution is 2.32. The zero-order chi connectivity index (χ0) is 22.0. The lowest BCUT2D eigenvalue weighted by molar-refractivity contribution is -0.384. The second-order valence-electron chi connectivity index (χ2n) is 6.40. The Hall–Kier alpha value is -4.12. The molecule has 0 spiro atoms. The van der Waals surface area contributed by atoms with E-state index in [-0.39, 0.29) is 11.4 Å². The topological polar surface area (TPSA) is 125 Å². The zero-order valence-corrected chi connectivity index (χ0v) is 17.3. The number of hydrogen-bond donors (Lipinski definition) is 1. The Bertz CT molecular complexity index is 1280. The van der Waals surface area contributed by atoms with Gasteiger partial charge < -0.3 is 4.74 Å². The molecule has 1 amide bonds. The van der Waals surface area contributed by atoms with Gasteiger partial charge in [-0.3, -0.25) is 20.2 Å². The minimum Gasteiger partial charge on any atom is -0.496 e. The van der Waals surface area contributed by atoms with E-state index in [9.17, 15) is 14.9 Å². The van der Waals surface area contributed by atoms with E-state index in [0.717, 1.165) is 5.56 Å². The molecule has 11 heteroatoms. The quantitative estimate of drug-likeness (QED) is 0.359. The fourth-order valence-corrected chi connectivity index (χ4v) is 3.70. The monoisotopic (exact) mass is 436 g/mol. The van der Waals surface area contributed by atoms with Gasteiger partial charge in [-0.1, -0.05) is 23.4 Å². The molecule has 0 fully saturated rings. The van der Waals surface area contributed by atoms with E-state index < -0.39 is 10.8 Å². The fraction of sp³-hybridized carbons (Fsp3) is 0.100. The van der Waals surface area contributed by atoms with Crippen molar-refractivity contribution in [3.05, 3.63) is 75.4 Å². The van der Waals surface area contributed by atoms with Gasteiger partial charge in [0.05, 0.1) is 29.1 Å². The lowest BCUT2D eigenvalue weighted by atomic mass is 10.1. The molecule has 0 saturated carbocycles. The van der Waals surface area contributed by atoms with Gasteiger partial charge in [0.15, 0.2) is 10.8 Å². The van der Waals surface area contributed by atoms with E-state index >= 15 is 0 Å². The maximum atomic E-state index is 12.7. The summed E-state index contributed by atoms with van der Waals surface area (Å²) in [6, 6.07) is 13.4. The van der Waals surface area contributed by atoms with E-state index in [1.54, 1.807) is 26.2 Å². The summed E-state index contributed by atoms with van der Waals surface area (Å²) in [7, 11) is 1.58. The lowest BCUT2D eigenvalue weighted by Crippen LogP contribution is -2.14. The number of nitro groups is 1. The number of aromatic nitrogens is 4. The van der Waals surface area contributed by atoms with Gasteiger partial charge in [-0.15, -0.1) is 16.4 Å². The molecule has 4 aromatic rings. The highest BCUT2D eigenvalue weighted by Gasteiger charge is 2.20. The predicted octanol–water partition coefficient (Wildman–Crippen LogP) is 3.87. The first-order chi connectivity index (χ1) is 15.0. The number of thiazole rings is 1. The first-order valence-electron chi connectivity index (χ1n) is 9.05. The standard InChI is InChI=1S/C20H16N6O4S/c1-12-18(23-24-25(12)13-6-5-7-14(10-13)26(28)29)19(27)22-20-21-16(11-31-20)15-8-3-4-9-17(15)30-2/h3-11H,1-2H3,(H,21,22,27). The fourth-order valence-electron chi connectivity index (χ4n) is 2.99. The van der Waals surface area contributed by atoms with Gasteiger partial charge in [-0.25, -0.2) is 9.67 Å². The third kappa shape index (κ3) is 3.98. The molecular formula is C20H16N6O4S. The summed E-state index contributed by atoms with van der Waals surface area (Å²) in [6.07, 6.45) is 0. The molecule has 0 saturated heterocycles. The number of carbonyl (C=O) groups is 1. The molecule has 0 atom stereocenters. The van der Waals surface area contributed by atoms with Crippen LogP contribution in [0.15, 0.2) is 53.9 Å². The summed E-state index contributed by atoms with van der Waals surface area (Å²) in [5.74, 6) is 0.205. The Balaban J connectivity index is 1.56. The highest BCUT2D eigenvalue weighted by molar-refractivity contribution is 7.14.